The highest BCUT2D eigenvalue weighted by Gasteiger charge is 2.00. The van der Waals surface area contributed by atoms with Gasteiger partial charge in [0.05, 0.1) is 0 Å². The van der Waals surface area contributed by atoms with Gasteiger partial charge in [-0.25, -0.2) is 0 Å². The van der Waals surface area contributed by atoms with Gasteiger partial charge in [-0.05, 0) is 37.4 Å². The molecule has 17 heavy (non-hydrogen) atoms. The van der Waals surface area contributed by atoms with Crippen LogP contribution in [0.2, 0.25) is 0 Å². The first kappa shape index (κ1) is 14.7. The Labute approximate surface area is 110 Å². The van der Waals surface area contributed by atoms with Crippen LogP contribution in [0, 0.1) is 0 Å². The molecule has 0 bridgehead atoms. The monoisotopic (exact) mass is 254 g/mol. The number of unbranched alkanes of at least 4 members (excludes halogenated alkanes) is 1. The summed E-state index contributed by atoms with van der Waals surface area (Å²) in [6.45, 7) is 10.3. The van der Waals surface area contributed by atoms with Crippen molar-refractivity contribution in [1.82, 2.24) is 10.2 Å². The van der Waals surface area contributed by atoms with Gasteiger partial charge in [-0.15, -0.1) is 11.3 Å². The van der Waals surface area contributed by atoms with E-state index in [0.717, 1.165) is 13.1 Å². The molecule has 1 aromatic heterocycles. The van der Waals surface area contributed by atoms with Gasteiger partial charge in [-0.3, -0.25) is 0 Å². The van der Waals surface area contributed by atoms with E-state index in [-0.39, 0.29) is 0 Å². The molecule has 98 valence electrons. The van der Waals surface area contributed by atoms with Crippen molar-refractivity contribution in [3.05, 3.63) is 22.4 Å². The van der Waals surface area contributed by atoms with Crippen LogP contribution in [-0.2, 0) is 6.42 Å². The third-order valence-corrected chi connectivity index (χ3v) is 3.94. The smallest absolute Gasteiger partial charge is 0.0107 e. The van der Waals surface area contributed by atoms with Crippen molar-refractivity contribution in [3.63, 3.8) is 0 Å². The van der Waals surface area contributed by atoms with Gasteiger partial charge in [0.1, 0.15) is 0 Å². The number of likely N-dealkylation sites (N-methyl/N-ethyl adjacent to an activating group) is 1. The highest BCUT2D eigenvalue weighted by molar-refractivity contribution is 7.09. The highest BCUT2D eigenvalue weighted by atomic mass is 32.1. The second-order valence-electron chi connectivity index (χ2n) is 4.37. The van der Waals surface area contributed by atoms with E-state index in [4.69, 9.17) is 0 Å². The maximum atomic E-state index is 3.53. The van der Waals surface area contributed by atoms with Gasteiger partial charge in [0.25, 0.3) is 0 Å². The summed E-state index contributed by atoms with van der Waals surface area (Å²) < 4.78 is 0. The summed E-state index contributed by atoms with van der Waals surface area (Å²) in [4.78, 5) is 4.01. The lowest BCUT2D eigenvalue weighted by atomic mass is 10.3. The van der Waals surface area contributed by atoms with Crippen LogP contribution in [0.15, 0.2) is 17.5 Å². The van der Waals surface area contributed by atoms with Crippen LogP contribution in [0.25, 0.3) is 0 Å². The van der Waals surface area contributed by atoms with E-state index in [1.54, 1.807) is 0 Å². The number of nitrogens with one attached hydrogen (secondary N) is 1. The summed E-state index contributed by atoms with van der Waals surface area (Å²) in [6.07, 6.45) is 3.78. The van der Waals surface area contributed by atoms with Gasteiger partial charge < -0.3 is 10.2 Å². The standard InChI is InChI=1S/C14H26N2S/c1-3-5-11-16(4-2)12-10-15-9-8-14-7-6-13-17-14/h6-7,13,15H,3-5,8-12H2,1-2H3. The average Bonchev–Trinajstić information content (AvgIpc) is 2.85. The van der Waals surface area contributed by atoms with Crippen molar-refractivity contribution in [2.45, 2.75) is 33.1 Å². The largest absolute Gasteiger partial charge is 0.315 e. The number of thiophene rings is 1. The molecule has 0 spiro atoms. The fourth-order valence-corrected chi connectivity index (χ4v) is 2.55. The molecule has 0 saturated carbocycles. The fourth-order valence-electron chi connectivity index (χ4n) is 1.84. The van der Waals surface area contributed by atoms with Crippen LogP contribution in [0.4, 0.5) is 0 Å². The zero-order chi connectivity index (χ0) is 12.3. The van der Waals surface area contributed by atoms with Crippen LogP contribution < -0.4 is 5.32 Å². The number of nitrogens with zero attached hydrogens (tertiary/aromatic N) is 1. The maximum absolute atomic E-state index is 3.53. The second kappa shape index (κ2) is 9.63. The van der Waals surface area contributed by atoms with Gasteiger partial charge >= 0.3 is 0 Å². The predicted molar refractivity (Wildman–Crippen MR) is 77.9 cm³/mol. The first-order valence-electron chi connectivity index (χ1n) is 6.82. The molecule has 0 aliphatic heterocycles. The van der Waals surface area contributed by atoms with Crippen molar-refractivity contribution < 1.29 is 0 Å². The Morgan fingerprint density at radius 1 is 1.24 bits per heavy atom. The SMILES string of the molecule is CCCCN(CC)CCNCCc1cccs1. The van der Waals surface area contributed by atoms with Crippen molar-refractivity contribution in [3.8, 4) is 0 Å². The first-order valence-corrected chi connectivity index (χ1v) is 7.70. The van der Waals surface area contributed by atoms with Crippen molar-refractivity contribution in [2.24, 2.45) is 0 Å². The lowest BCUT2D eigenvalue weighted by Gasteiger charge is -2.20. The Balaban J connectivity index is 1.98. The Morgan fingerprint density at radius 2 is 2.12 bits per heavy atom. The molecule has 0 aliphatic carbocycles. The molecule has 0 saturated heterocycles. The molecule has 3 heteroatoms. The number of hydrogen-bond acceptors (Lipinski definition) is 3. The van der Waals surface area contributed by atoms with E-state index < -0.39 is 0 Å². The minimum atomic E-state index is 1.10. The molecule has 0 amide bonds. The molecule has 1 rings (SSSR count). The fraction of sp³-hybridized carbons (Fsp3) is 0.714. The summed E-state index contributed by atoms with van der Waals surface area (Å²) >= 11 is 1.85. The minimum absolute atomic E-state index is 1.10. The highest BCUT2D eigenvalue weighted by Crippen LogP contribution is 2.07. The van der Waals surface area contributed by atoms with Gasteiger partial charge in [-0.2, -0.15) is 0 Å². The molecular formula is C14H26N2S. The number of rotatable bonds is 10. The molecule has 1 aromatic rings. The molecular weight excluding hydrogens is 228 g/mol. The Morgan fingerprint density at radius 3 is 2.76 bits per heavy atom. The van der Waals surface area contributed by atoms with E-state index in [1.165, 1.54) is 43.8 Å². The average molecular weight is 254 g/mol. The van der Waals surface area contributed by atoms with Crippen LogP contribution in [0.1, 0.15) is 31.6 Å². The van der Waals surface area contributed by atoms with Crippen LogP contribution in [-0.4, -0.2) is 37.6 Å². The van der Waals surface area contributed by atoms with Crippen molar-refractivity contribution >= 4 is 11.3 Å². The summed E-state index contributed by atoms with van der Waals surface area (Å²) in [5.41, 5.74) is 0. The van der Waals surface area contributed by atoms with Gasteiger partial charge in [0.15, 0.2) is 0 Å². The van der Waals surface area contributed by atoms with Crippen molar-refractivity contribution in [2.75, 3.05) is 32.7 Å². The van der Waals surface area contributed by atoms with Gasteiger partial charge in [0.2, 0.25) is 0 Å². The maximum Gasteiger partial charge on any atom is 0.0107 e. The van der Waals surface area contributed by atoms with E-state index in [2.05, 4.69) is 41.6 Å². The Kier molecular flexibility index (Phi) is 8.32. The van der Waals surface area contributed by atoms with Crippen LogP contribution >= 0.6 is 11.3 Å². The molecule has 2 nitrogen and oxygen atoms in total. The number of hydrogen-bond donors (Lipinski definition) is 1. The molecule has 0 atom stereocenters. The Hall–Kier alpha value is -0.380. The zero-order valence-electron chi connectivity index (χ0n) is 11.2. The van der Waals surface area contributed by atoms with E-state index >= 15 is 0 Å². The zero-order valence-corrected chi connectivity index (χ0v) is 12.1. The molecule has 0 fully saturated rings. The molecule has 1 N–H and O–H groups in total. The summed E-state index contributed by atoms with van der Waals surface area (Å²) in [5, 5.41) is 5.68. The van der Waals surface area contributed by atoms with Gasteiger partial charge in [0, 0.05) is 24.5 Å². The van der Waals surface area contributed by atoms with Gasteiger partial charge in [-0.1, -0.05) is 26.3 Å². The van der Waals surface area contributed by atoms with E-state index in [1.807, 2.05) is 11.3 Å². The lowest BCUT2D eigenvalue weighted by molar-refractivity contribution is 0.283. The van der Waals surface area contributed by atoms with E-state index in [9.17, 15) is 0 Å². The summed E-state index contributed by atoms with van der Waals surface area (Å²) in [6, 6.07) is 4.34. The molecule has 0 radical (unpaired) electrons. The third kappa shape index (κ3) is 6.81. The quantitative estimate of drug-likeness (QED) is 0.646. The first-order chi connectivity index (χ1) is 8.36. The molecule has 0 aromatic carbocycles. The summed E-state index contributed by atoms with van der Waals surface area (Å²) in [5.74, 6) is 0. The van der Waals surface area contributed by atoms with E-state index in [0.29, 0.717) is 0 Å². The summed E-state index contributed by atoms with van der Waals surface area (Å²) in [7, 11) is 0. The molecule has 0 unspecified atom stereocenters. The molecule has 0 aliphatic rings. The van der Waals surface area contributed by atoms with Crippen molar-refractivity contribution in [1.29, 1.82) is 0 Å². The normalized spacial score (nSPS) is 11.2. The predicted octanol–water partition coefficient (Wildman–Crippen LogP) is 3.00. The minimum Gasteiger partial charge on any atom is -0.315 e. The topological polar surface area (TPSA) is 15.3 Å². The Bertz CT molecular complexity index is 259. The second-order valence-corrected chi connectivity index (χ2v) is 5.40. The van der Waals surface area contributed by atoms with Crippen LogP contribution in [0.3, 0.4) is 0 Å². The van der Waals surface area contributed by atoms with Crippen LogP contribution in [0.5, 0.6) is 0 Å². The molecule has 1 heterocycles. The third-order valence-electron chi connectivity index (χ3n) is 3.01. The lowest BCUT2D eigenvalue weighted by Crippen LogP contribution is -2.33.